The van der Waals surface area contributed by atoms with Crippen LogP contribution in [0.2, 0.25) is 0 Å². The molecule has 0 saturated heterocycles. The van der Waals surface area contributed by atoms with Gasteiger partial charge < -0.3 is 15.5 Å². The minimum atomic E-state index is -0.218. The van der Waals surface area contributed by atoms with Gasteiger partial charge in [-0.05, 0) is 26.2 Å². The minimum absolute atomic E-state index is 0.0361. The number of aliphatic hydroxyl groups is 2. The van der Waals surface area contributed by atoms with E-state index in [0.29, 0.717) is 0 Å². The minimum Gasteiger partial charge on any atom is -0.396 e. The summed E-state index contributed by atoms with van der Waals surface area (Å²) in [5.74, 6) is 0. The van der Waals surface area contributed by atoms with E-state index in [-0.39, 0.29) is 24.2 Å². The highest BCUT2D eigenvalue weighted by Crippen LogP contribution is 2.25. The second-order valence-electron chi connectivity index (χ2n) is 4.79. The van der Waals surface area contributed by atoms with Crippen molar-refractivity contribution in [1.29, 1.82) is 0 Å². The molecule has 0 spiro atoms. The molecule has 92 valence electrons. The van der Waals surface area contributed by atoms with Gasteiger partial charge in [0.25, 0.3) is 0 Å². The van der Waals surface area contributed by atoms with E-state index in [0.717, 1.165) is 25.8 Å². The van der Waals surface area contributed by atoms with Crippen LogP contribution in [-0.4, -0.2) is 35.5 Å². The first-order valence-electron chi connectivity index (χ1n) is 5.98. The van der Waals surface area contributed by atoms with Gasteiger partial charge in [0, 0.05) is 24.1 Å². The van der Waals surface area contributed by atoms with Gasteiger partial charge in [0.1, 0.15) is 0 Å². The van der Waals surface area contributed by atoms with E-state index in [1.165, 1.54) is 0 Å². The topological polar surface area (TPSA) is 52.5 Å². The highest BCUT2D eigenvalue weighted by Gasteiger charge is 2.29. The van der Waals surface area contributed by atoms with Crippen LogP contribution < -0.4 is 5.32 Å². The van der Waals surface area contributed by atoms with Crippen LogP contribution in [0.3, 0.4) is 0 Å². The van der Waals surface area contributed by atoms with Gasteiger partial charge in [0.05, 0.1) is 6.61 Å². The molecule has 0 aliphatic carbocycles. The first-order chi connectivity index (χ1) is 7.01. The third-order valence-electron chi connectivity index (χ3n) is 3.85. The van der Waals surface area contributed by atoms with Crippen LogP contribution >= 0.6 is 0 Å². The van der Waals surface area contributed by atoms with E-state index < -0.39 is 0 Å². The molecule has 0 heterocycles. The molecule has 0 rings (SSSR count). The summed E-state index contributed by atoms with van der Waals surface area (Å²) in [7, 11) is 0. The lowest BCUT2D eigenvalue weighted by Gasteiger charge is -2.36. The Bertz CT molecular complexity index is 155. The van der Waals surface area contributed by atoms with Crippen LogP contribution in [0.1, 0.15) is 47.0 Å². The molecule has 0 aromatic heterocycles. The Morgan fingerprint density at radius 3 is 1.73 bits per heavy atom. The summed E-state index contributed by atoms with van der Waals surface area (Å²) in [4.78, 5) is 0. The summed E-state index contributed by atoms with van der Waals surface area (Å²) in [6.07, 6.45) is 2.80. The van der Waals surface area contributed by atoms with Crippen LogP contribution in [0.15, 0.2) is 0 Å². The van der Waals surface area contributed by atoms with Gasteiger partial charge in [-0.15, -0.1) is 0 Å². The fourth-order valence-corrected chi connectivity index (χ4v) is 1.47. The highest BCUT2D eigenvalue weighted by atomic mass is 16.3. The summed E-state index contributed by atoms with van der Waals surface area (Å²) in [6, 6.07) is 0. The van der Waals surface area contributed by atoms with Crippen molar-refractivity contribution in [2.45, 2.75) is 52.5 Å². The summed E-state index contributed by atoms with van der Waals surface area (Å²) in [5.41, 5.74) is -0.254. The van der Waals surface area contributed by atoms with Crippen LogP contribution in [-0.2, 0) is 0 Å². The number of hydrogen-bond acceptors (Lipinski definition) is 3. The molecule has 0 aromatic carbocycles. The summed E-state index contributed by atoms with van der Waals surface area (Å²) >= 11 is 0. The van der Waals surface area contributed by atoms with Crippen LogP contribution in [0.25, 0.3) is 0 Å². The number of aliphatic hydroxyl groups excluding tert-OH is 2. The zero-order chi connectivity index (χ0) is 11.9. The van der Waals surface area contributed by atoms with Gasteiger partial charge in [-0.3, -0.25) is 0 Å². The largest absolute Gasteiger partial charge is 0.396 e. The van der Waals surface area contributed by atoms with Crippen LogP contribution in [0.4, 0.5) is 0 Å². The Morgan fingerprint density at radius 1 is 0.933 bits per heavy atom. The fourth-order valence-electron chi connectivity index (χ4n) is 1.47. The predicted octanol–water partition coefficient (Wildman–Crippen LogP) is 1.54. The molecule has 3 N–H and O–H groups in total. The monoisotopic (exact) mass is 217 g/mol. The Labute approximate surface area is 93.9 Å². The lowest BCUT2D eigenvalue weighted by molar-refractivity contribution is 0.0880. The third kappa shape index (κ3) is 4.09. The molecular formula is C12H27NO2. The van der Waals surface area contributed by atoms with Crippen molar-refractivity contribution in [2.75, 3.05) is 19.8 Å². The summed E-state index contributed by atoms with van der Waals surface area (Å²) in [6.45, 7) is 9.38. The van der Waals surface area contributed by atoms with Gasteiger partial charge in [0.15, 0.2) is 0 Å². The van der Waals surface area contributed by atoms with Crippen molar-refractivity contribution in [2.24, 2.45) is 5.41 Å². The Morgan fingerprint density at radius 2 is 1.47 bits per heavy atom. The van der Waals surface area contributed by atoms with E-state index in [2.05, 4.69) is 26.1 Å². The van der Waals surface area contributed by atoms with Gasteiger partial charge in [0.2, 0.25) is 0 Å². The summed E-state index contributed by atoms with van der Waals surface area (Å²) < 4.78 is 0. The van der Waals surface area contributed by atoms with Gasteiger partial charge in [-0.2, -0.15) is 0 Å². The Kier molecular flexibility index (Phi) is 6.41. The molecular weight excluding hydrogens is 190 g/mol. The summed E-state index contributed by atoms with van der Waals surface area (Å²) in [5, 5.41) is 22.1. The molecule has 0 radical (unpaired) electrons. The molecule has 0 bridgehead atoms. The predicted molar refractivity (Wildman–Crippen MR) is 63.9 cm³/mol. The highest BCUT2D eigenvalue weighted by molar-refractivity contribution is 4.86. The number of hydrogen-bond donors (Lipinski definition) is 3. The van der Waals surface area contributed by atoms with E-state index in [9.17, 15) is 10.2 Å². The van der Waals surface area contributed by atoms with E-state index in [1.807, 2.05) is 6.92 Å². The second kappa shape index (κ2) is 6.46. The molecule has 1 unspecified atom stereocenters. The first-order valence-corrected chi connectivity index (χ1v) is 5.98. The smallest absolute Gasteiger partial charge is 0.0610 e. The average Bonchev–Trinajstić information content (AvgIpc) is 2.31. The normalized spacial score (nSPS) is 16.4. The van der Waals surface area contributed by atoms with Crippen molar-refractivity contribution >= 4 is 0 Å². The van der Waals surface area contributed by atoms with E-state index in [4.69, 9.17) is 0 Å². The molecule has 0 aliphatic rings. The van der Waals surface area contributed by atoms with Crippen molar-refractivity contribution < 1.29 is 10.2 Å². The third-order valence-corrected chi connectivity index (χ3v) is 3.85. The number of rotatable bonds is 8. The van der Waals surface area contributed by atoms with E-state index in [1.54, 1.807) is 0 Å². The molecule has 0 saturated carbocycles. The Hall–Kier alpha value is -0.120. The first kappa shape index (κ1) is 14.9. The number of nitrogens with one attached hydrogen (secondary N) is 1. The van der Waals surface area contributed by atoms with Crippen molar-refractivity contribution in [3.63, 3.8) is 0 Å². The van der Waals surface area contributed by atoms with Crippen LogP contribution in [0, 0.1) is 5.41 Å². The van der Waals surface area contributed by atoms with E-state index >= 15 is 0 Å². The molecule has 0 amide bonds. The van der Waals surface area contributed by atoms with Crippen molar-refractivity contribution in [3.8, 4) is 0 Å². The van der Waals surface area contributed by atoms with Gasteiger partial charge in [-0.1, -0.05) is 20.8 Å². The quantitative estimate of drug-likeness (QED) is 0.578. The molecule has 15 heavy (non-hydrogen) atoms. The molecule has 3 heteroatoms. The second-order valence-corrected chi connectivity index (χ2v) is 4.79. The lowest BCUT2D eigenvalue weighted by Crippen LogP contribution is -2.50. The Balaban J connectivity index is 4.32. The molecule has 0 aromatic rings. The maximum Gasteiger partial charge on any atom is 0.0610 e. The van der Waals surface area contributed by atoms with Gasteiger partial charge in [-0.25, -0.2) is 0 Å². The fraction of sp³-hybridized carbons (Fsp3) is 1.00. The zero-order valence-corrected chi connectivity index (χ0v) is 10.6. The van der Waals surface area contributed by atoms with Crippen molar-refractivity contribution in [1.82, 2.24) is 5.32 Å². The SMILES string of the molecule is CCC(CC)(CO)CNC(C)(CC)CO. The zero-order valence-electron chi connectivity index (χ0n) is 10.6. The molecule has 0 fully saturated rings. The standard InChI is InChI=1S/C12H27NO2/c1-5-11(4,9-14)13-8-12(6-2,7-3)10-15/h13-15H,5-10H2,1-4H3. The van der Waals surface area contributed by atoms with Crippen LogP contribution in [0.5, 0.6) is 0 Å². The molecule has 1 atom stereocenters. The van der Waals surface area contributed by atoms with Crippen molar-refractivity contribution in [3.05, 3.63) is 0 Å². The lowest BCUT2D eigenvalue weighted by atomic mass is 9.82. The van der Waals surface area contributed by atoms with Gasteiger partial charge >= 0.3 is 0 Å². The maximum absolute atomic E-state index is 9.42. The molecule has 0 aliphatic heterocycles. The average molecular weight is 217 g/mol. The molecule has 3 nitrogen and oxygen atoms in total. The maximum atomic E-state index is 9.42.